The molecule has 1 aliphatic heterocycles. The average Bonchev–Trinajstić information content (AvgIpc) is 3.19. The Morgan fingerprint density at radius 1 is 1.10 bits per heavy atom. The van der Waals surface area contributed by atoms with Crippen LogP contribution in [0.2, 0.25) is 0 Å². The van der Waals surface area contributed by atoms with E-state index in [2.05, 4.69) is 6.92 Å². The molecule has 156 valence electrons. The van der Waals surface area contributed by atoms with Gasteiger partial charge in [-0.05, 0) is 55.5 Å². The maximum atomic E-state index is 12.8. The summed E-state index contributed by atoms with van der Waals surface area (Å²) in [6.45, 7) is 3.40. The van der Waals surface area contributed by atoms with Crippen LogP contribution in [0.3, 0.4) is 0 Å². The zero-order valence-corrected chi connectivity index (χ0v) is 17.7. The van der Waals surface area contributed by atoms with Crippen LogP contribution in [-0.4, -0.2) is 44.2 Å². The fraction of sp³-hybridized carbons (Fsp3) is 0.435. The molecule has 2 aromatic carbocycles. The number of amides is 1. The summed E-state index contributed by atoms with van der Waals surface area (Å²) in [7, 11) is -3.40. The van der Waals surface area contributed by atoms with Crippen LogP contribution in [0.25, 0.3) is 0 Å². The largest absolute Gasteiger partial charge is 0.494 e. The standard InChI is InChI=1S/C23H29NO4S/c1-2-17-28-21-13-10-19(11-14-21)12-15-23(25)24-16-6-7-20(24)18-29(26,27)22-8-4-3-5-9-22/h3-5,8-11,13-14,20H,2,6-7,12,15-18H2,1H3. The molecular weight excluding hydrogens is 386 g/mol. The molecule has 0 aromatic heterocycles. The Hall–Kier alpha value is -2.34. The second kappa shape index (κ2) is 9.92. The summed E-state index contributed by atoms with van der Waals surface area (Å²) in [6, 6.07) is 16.1. The molecule has 6 heteroatoms. The lowest BCUT2D eigenvalue weighted by Gasteiger charge is -2.24. The molecule has 0 bridgehead atoms. The first kappa shape index (κ1) is 21.4. The molecule has 1 amide bonds. The van der Waals surface area contributed by atoms with E-state index >= 15 is 0 Å². The van der Waals surface area contributed by atoms with Gasteiger partial charge in [-0.2, -0.15) is 0 Å². The minimum absolute atomic E-state index is 0.00772. The van der Waals surface area contributed by atoms with E-state index in [1.165, 1.54) is 0 Å². The fourth-order valence-electron chi connectivity index (χ4n) is 3.68. The van der Waals surface area contributed by atoms with E-state index in [0.29, 0.717) is 30.9 Å². The Kier molecular flexibility index (Phi) is 7.31. The van der Waals surface area contributed by atoms with Crippen molar-refractivity contribution in [1.82, 2.24) is 4.90 Å². The van der Waals surface area contributed by atoms with E-state index in [1.54, 1.807) is 35.2 Å². The molecule has 2 aromatic rings. The molecule has 0 aliphatic carbocycles. The minimum atomic E-state index is -3.40. The molecule has 5 nitrogen and oxygen atoms in total. The van der Waals surface area contributed by atoms with E-state index in [9.17, 15) is 13.2 Å². The fourth-order valence-corrected chi connectivity index (χ4v) is 5.30. The Balaban J connectivity index is 1.56. The molecule has 0 spiro atoms. The Bertz CT molecular complexity index is 894. The molecule has 1 atom stereocenters. The first-order chi connectivity index (χ1) is 14.0. The third-order valence-corrected chi connectivity index (χ3v) is 7.05. The number of carbonyl (C=O) groups excluding carboxylic acids is 1. The lowest BCUT2D eigenvalue weighted by atomic mass is 10.1. The van der Waals surface area contributed by atoms with Crippen molar-refractivity contribution in [2.45, 2.75) is 50.0 Å². The molecule has 3 rings (SSSR count). The number of sulfone groups is 1. The van der Waals surface area contributed by atoms with Crippen LogP contribution in [0.1, 0.15) is 38.2 Å². The summed E-state index contributed by atoms with van der Waals surface area (Å²) < 4.78 is 31.0. The maximum absolute atomic E-state index is 12.8. The second-order valence-corrected chi connectivity index (χ2v) is 9.50. The van der Waals surface area contributed by atoms with Crippen LogP contribution in [0, 0.1) is 0 Å². The summed E-state index contributed by atoms with van der Waals surface area (Å²) >= 11 is 0. The van der Waals surface area contributed by atoms with Crippen molar-refractivity contribution in [2.24, 2.45) is 0 Å². The number of hydrogen-bond donors (Lipinski definition) is 0. The highest BCUT2D eigenvalue weighted by molar-refractivity contribution is 7.91. The number of likely N-dealkylation sites (tertiary alicyclic amines) is 1. The molecule has 1 aliphatic rings. The summed E-state index contributed by atoms with van der Waals surface area (Å²) in [4.78, 5) is 14.9. The molecule has 1 fully saturated rings. The van der Waals surface area contributed by atoms with Gasteiger partial charge in [-0.3, -0.25) is 4.79 Å². The molecule has 1 heterocycles. The molecule has 1 saturated heterocycles. The van der Waals surface area contributed by atoms with Gasteiger partial charge >= 0.3 is 0 Å². The van der Waals surface area contributed by atoms with Gasteiger partial charge in [0.25, 0.3) is 0 Å². The average molecular weight is 416 g/mol. The van der Waals surface area contributed by atoms with Crippen molar-refractivity contribution in [2.75, 3.05) is 18.9 Å². The zero-order valence-electron chi connectivity index (χ0n) is 16.9. The topological polar surface area (TPSA) is 63.7 Å². The maximum Gasteiger partial charge on any atom is 0.223 e. The van der Waals surface area contributed by atoms with Gasteiger partial charge in [0.05, 0.1) is 17.3 Å². The van der Waals surface area contributed by atoms with E-state index < -0.39 is 9.84 Å². The van der Waals surface area contributed by atoms with Gasteiger partial charge in [-0.1, -0.05) is 37.3 Å². The number of ether oxygens (including phenoxy) is 1. The summed E-state index contributed by atoms with van der Waals surface area (Å²) in [6.07, 6.45) is 3.58. The van der Waals surface area contributed by atoms with Crippen molar-refractivity contribution in [3.05, 3.63) is 60.2 Å². The van der Waals surface area contributed by atoms with Gasteiger partial charge in [0.15, 0.2) is 9.84 Å². The SMILES string of the molecule is CCCOc1ccc(CCC(=O)N2CCCC2CS(=O)(=O)c2ccccc2)cc1. The van der Waals surface area contributed by atoms with Crippen molar-refractivity contribution >= 4 is 15.7 Å². The van der Waals surface area contributed by atoms with E-state index in [0.717, 1.165) is 30.6 Å². The number of nitrogens with zero attached hydrogens (tertiary/aromatic N) is 1. The summed E-state index contributed by atoms with van der Waals surface area (Å²) in [5, 5.41) is 0. The van der Waals surface area contributed by atoms with Gasteiger partial charge in [-0.15, -0.1) is 0 Å². The van der Waals surface area contributed by atoms with Crippen LogP contribution in [0.15, 0.2) is 59.5 Å². The lowest BCUT2D eigenvalue weighted by Crippen LogP contribution is -2.39. The van der Waals surface area contributed by atoms with Gasteiger partial charge in [0.2, 0.25) is 5.91 Å². The number of rotatable bonds is 9. The third-order valence-electron chi connectivity index (χ3n) is 5.24. The normalized spacial score (nSPS) is 16.7. The third kappa shape index (κ3) is 5.82. The predicted octanol–water partition coefficient (Wildman–Crippen LogP) is 3.87. The summed E-state index contributed by atoms with van der Waals surface area (Å²) in [5.74, 6) is 0.862. The molecule has 0 radical (unpaired) electrons. The summed E-state index contributed by atoms with van der Waals surface area (Å²) in [5.41, 5.74) is 1.08. The quantitative estimate of drug-likeness (QED) is 0.624. The van der Waals surface area contributed by atoms with Gasteiger partial charge in [0.1, 0.15) is 5.75 Å². The smallest absolute Gasteiger partial charge is 0.223 e. The Morgan fingerprint density at radius 2 is 1.83 bits per heavy atom. The first-order valence-electron chi connectivity index (χ1n) is 10.3. The Morgan fingerprint density at radius 3 is 2.52 bits per heavy atom. The number of hydrogen-bond acceptors (Lipinski definition) is 4. The van der Waals surface area contributed by atoms with E-state index in [4.69, 9.17) is 4.74 Å². The molecular formula is C23H29NO4S. The zero-order chi connectivity index (χ0) is 20.7. The van der Waals surface area contributed by atoms with Crippen LogP contribution < -0.4 is 4.74 Å². The van der Waals surface area contributed by atoms with Gasteiger partial charge in [0, 0.05) is 19.0 Å². The molecule has 29 heavy (non-hydrogen) atoms. The highest BCUT2D eigenvalue weighted by Crippen LogP contribution is 2.23. The lowest BCUT2D eigenvalue weighted by molar-refractivity contribution is -0.131. The van der Waals surface area contributed by atoms with Crippen LogP contribution in [0.4, 0.5) is 0 Å². The van der Waals surface area contributed by atoms with Gasteiger partial charge in [-0.25, -0.2) is 8.42 Å². The number of aryl methyl sites for hydroxylation is 1. The van der Waals surface area contributed by atoms with Crippen LogP contribution in [-0.2, 0) is 21.1 Å². The second-order valence-electron chi connectivity index (χ2n) is 7.47. The number of benzene rings is 2. The minimum Gasteiger partial charge on any atom is -0.494 e. The Labute approximate surface area is 173 Å². The van der Waals surface area contributed by atoms with E-state index in [1.807, 2.05) is 24.3 Å². The molecule has 0 N–H and O–H groups in total. The highest BCUT2D eigenvalue weighted by Gasteiger charge is 2.32. The van der Waals surface area contributed by atoms with Crippen LogP contribution in [0.5, 0.6) is 5.75 Å². The molecule has 1 unspecified atom stereocenters. The molecule has 0 saturated carbocycles. The van der Waals surface area contributed by atoms with Crippen LogP contribution >= 0.6 is 0 Å². The highest BCUT2D eigenvalue weighted by atomic mass is 32.2. The van der Waals surface area contributed by atoms with Crippen molar-refractivity contribution < 1.29 is 17.9 Å². The number of carbonyl (C=O) groups is 1. The van der Waals surface area contributed by atoms with Crippen molar-refractivity contribution in [3.8, 4) is 5.75 Å². The first-order valence-corrected chi connectivity index (χ1v) is 11.9. The van der Waals surface area contributed by atoms with Crippen molar-refractivity contribution in [3.63, 3.8) is 0 Å². The van der Waals surface area contributed by atoms with E-state index in [-0.39, 0.29) is 17.7 Å². The predicted molar refractivity (Wildman–Crippen MR) is 114 cm³/mol. The monoisotopic (exact) mass is 415 g/mol. The van der Waals surface area contributed by atoms with Gasteiger partial charge < -0.3 is 9.64 Å². The van der Waals surface area contributed by atoms with Crippen molar-refractivity contribution in [1.29, 1.82) is 0 Å².